The molecule has 1 saturated heterocycles. The molecule has 0 spiro atoms. The van der Waals surface area contributed by atoms with E-state index in [4.69, 9.17) is 4.74 Å². The number of hydrogen-bond acceptors (Lipinski definition) is 4. The number of rotatable bonds is 6. The van der Waals surface area contributed by atoms with Crippen molar-refractivity contribution in [3.8, 4) is 5.75 Å². The van der Waals surface area contributed by atoms with Crippen molar-refractivity contribution in [2.45, 2.75) is 24.9 Å². The predicted octanol–water partition coefficient (Wildman–Crippen LogP) is 1.98. The number of ether oxygens (including phenoxy) is 1. The molecule has 118 valence electrons. The third-order valence-electron chi connectivity index (χ3n) is 4.50. The summed E-state index contributed by atoms with van der Waals surface area (Å²) in [7, 11) is 8.13. The highest BCUT2D eigenvalue weighted by molar-refractivity contribution is 5.30. The molecule has 1 aromatic carbocycles. The Morgan fingerprint density at radius 3 is 2.90 bits per heavy atom. The standard InChI is InChI=1S/C17H29N3O/c1-18-17(14-7-5-9-16(11-14)21-4)13-20-10-6-8-15(12-20)19(2)3/h5,7,9,11,15,17-18H,6,8,10,12-13H2,1-4H3. The van der Waals surface area contributed by atoms with Gasteiger partial charge in [0.05, 0.1) is 7.11 Å². The smallest absolute Gasteiger partial charge is 0.119 e. The fraction of sp³-hybridized carbons (Fsp3) is 0.647. The molecule has 21 heavy (non-hydrogen) atoms. The normalized spacial score (nSPS) is 21.5. The molecule has 2 rings (SSSR count). The van der Waals surface area contributed by atoms with Gasteiger partial charge in [0.15, 0.2) is 0 Å². The average Bonchev–Trinajstić information content (AvgIpc) is 2.53. The van der Waals surface area contributed by atoms with E-state index < -0.39 is 0 Å². The van der Waals surface area contributed by atoms with Crippen LogP contribution >= 0.6 is 0 Å². The molecule has 1 fully saturated rings. The Hall–Kier alpha value is -1.10. The molecule has 2 unspecified atom stereocenters. The van der Waals surface area contributed by atoms with Gasteiger partial charge in [0.25, 0.3) is 0 Å². The van der Waals surface area contributed by atoms with Crippen LogP contribution in [0, 0.1) is 0 Å². The zero-order chi connectivity index (χ0) is 15.2. The Morgan fingerprint density at radius 2 is 2.24 bits per heavy atom. The zero-order valence-corrected chi connectivity index (χ0v) is 13.8. The van der Waals surface area contributed by atoms with E-state index in [2.05, 4.69) is 47.4 Å². The maximum atomic E-state index is 5.34. The molecule has 0 bridgehead atoms. The molecule has 0 amide bonds. The predicted molar refractivity (Wildman–Crippen MR) is 87.9 cm³/mol. The number of hydrogen-bond donors (Lipinski definition) is 1. The Balaban J connectivity index is 2.01. The van der Waals surface area contributed by atoms with Crippen LogP contribution in [0.25, 0.3) is 0 Å². The molecular weight excluding hydrogens is 262 g/mol. The van der Waals surface area contributed by atoms with Crippen LogP contribution in [-0.2, 0) is 0 Å². The molecule has 1 heterocycles. The molecule has 0 saturated carbocycles. The van der Waals surface area contributed by atoms with Crippen molar-refractivity contribution in [3.05, 3.63) is 29.8 Å². The van der Waals surface area contributed by atoms with E-state index in [9.17, 15) is 0 Å². The van der Waals surface area contributed by atoms with Crippen molar-refractivity contribution in [1.82, 2.24) is 15.1 Å². The molecule has 1 aromatic rings. The van der Waals surface area contributed by atoms with Gasteiger partial charge in [-0.05, 0) is 58.2 Å². The van der Waals surface area contributed by atoms with Crippen molar-refractivity contribution < 1.29 is 4.74 Å². The summed E-state index contributed by atoms with van der Waals surface area (Å²) in [6.07, 6.45) is 2.60. The third-order valence-corrected chi connectivity index (χ3v) is 4.50. The van der Waals surface area contributed by atoms with Gasteiger partial charge in [-0.1, -0.05) is 12.1 Å². The number of likely N-dealkylation sites (N-methyl/N-ethyl adjacent to an activating group) is 2. The van der Waals surface area contributed by atoms with Crippen LogP contribution in [0.3, 0.4) is 0 Å². The second-order valence-electron chi connectivity index (χ2n) is 6.14. The lowest BCUT2D eigenvalue weighted by molar-refractivity contribution is 0.124. The highest BCUT2D eigenvalue weighted by Gasteiger charge is 2.23. The van der Waals surface area contributed by atoms with Crippen molar-refractivity contribution >= 4 is 0 Å². The van der Waals surface area contributed by atoms with Gasteiger partial charge in [-0.2, -0.15) is 0 Å². The Labute approximate surface area is 129 Å². The second kappa shape index (κ2) is 7.78. The Morgan fingerprint density at radius 1 is 1.43 bits per heavy atom. The van der Waals surface area contributed by atoms with Crippen molar-refractivity contribution in [3.63, 3.8) is 0 Å². The van der Waals surface area contributed by atoms with Gasteiger partial charge in [-0.15, -0.1) is 0 Å². The molecule has 0 aromatic heterocycles. The minimum absolute atomic E-state index is 0.348. The van der Waals surface area contributed by atoms with E-state index in [1.54, 1.807) is 7.11 Å². The Kier molecular flexibility index (Phi) is 6.03. The maximum Gasteiger partial charge on any atom is 0.119 e. The van der Waals surface area contributed by atoms with Crippen molar-refractivity contribution in [2.75, 3.05) is 47.9 Å². The number of likely N-dealkylation sites (tertiary alicyclic amines) is 1. The minimum atomic E-state index is 0.348. The number of methoxy groups -OCH3 is 1. The van der Waals surface area contributed by atoms with Gasteiger partial charge in [-0.3, -0.25) is 4.90 Å². The van der Waals surface area contributed by atoms with Crippen LogP contribution < -0.4 is 10.1 Å². The lowest BCUT2D eigenvalue weighted by Crippen LogP contribution is -2.47. The molecule has 1 aliphatic rings. The van der Waals surface area contributed by atoms with Gasteiger partial charge in [-0.25, -0.2) is 0 Å². The minimum Gasteiger partial charge on any atom is -0.497 e. The number of benzene rings is 1. The highest BCUT2D eigenvalue weighted by atomic mass is 16.5. The van der Waals surface area contributed by atoms with E-state index in [1.165, 1.54) is 24.9 Å². The molecule has 4 nitrogen and oxygen atoms in total. The zero-order valence-electron chi connectivity index (χ0n) is 13.8. The summed E-state index contributed by atoms with van der Waals surface area (Å²) in [6.45, 7) is 3.41. The van der Waals surface area contributed by atoms with Gasteiger partial charge in [0.2, 0.25) is 0 Å². The number of nitrogens with zero attached hydrogens (tertiary/aromatic N) is 2. The highest BCUT2D eigenvalue weighted by Crippen LogP contribution is 2.22. The van der Waals surface area contributed by atoms with Gasteiger partial charge in [0, 0.05) is 25.2 Å². The molecule has 0 radical (unpaired) electrons. The first-order valence-electron chi connectivity index (χ1n) is 7.84. The fourth-order valence-corrected chi connectivity index (χ4v) is 3.10. The van der Waals surface area contributed by atoms with Crippen LogP contribution in [0.4, 0.5) is 0 Å². The molecule has 1 N–H and O–H groups in total. The number of nitrogens with one attached hydrogen (secondary N) is 1. The summed E-state index contributed by atoms with van der Waals surface area (Å²) >= 11 is 0. The van der Waals surface area contributed by atoms with Gasteiger partial charge in [0.1, 0.15) is 5.75 Å². The first kappa shape index (κ1) is 16.3. The van der Waals surface area contributed by atoms with E-state index in [1.807, 2.05) is 13.1 Å². The lowest BCUT2D eigenvalue weighted by Gasteiger charge is -2.37. The lowest BCUT2D eigenvalue weighted by atomic mass is 10.0. The van der Waals surface area contributed by atoms with Crippen molar-refractivity contribution in [2.24, 2.45) is 0 Å². The summed E-state index contributed by atoms with van der Waals surface area (Å²) in [5, 5.41) is 3.45. The monoisotopic (exact) mass is 291 g/mol. The van der Waals surface area contributed by atoms with E-state index in [-0.39, 0.29) is 0 Å². The van der Waals surface area contributed by atoms with Crippen LogP contribution in [-0.4, -0.2) is 63.7 Å². The largest absolute Gasteiger partial charge is 0.497 e. The van der Waals surface area contributed by atoms with Gasteiger partial charge >= 0.3 is 0 Å². The second-order valence-corrected chi connectivity index (χ2v) is 6.14. The quantitative estimate of drug-likeness (QED) is 0.867. The maximum absolute atomic E-state index is 5.34. The SMILES string of the molecule is CNC(CN1CCCC(N(C)C)C1)c1cccc(OC)c1. The van der Waals surface area contributed by atoms with Crippen LogP contribution in [0.2, 0.25) is 0 Å². The summed E-state index contributed by atoms with van der Waals surface area (Å²) in [5.74, 6) is 0.928. The molecule has 0 aliphatic carbocycles. The molecular formula is C17H29N3O. The average molecular weight is 291 g/mol. The van der Waals surface area contributed by atoms with Crippen LogP contribution in [0.5, 0.6) is 5.75 Å². The molecule has 4 heteroatoms. The Bertz CT molecular complexity index is 436. The van der Waals surface area contributed by atoms with Crippen LogP contribution in [0.15, 0.2) is 24.3 Å². The first-order chi connectivity index (χ1) is 10.1. The number of piperidine rings is 1. The van der Waals surface area contributed by atoms with Crippen LogP contribution in [0.1, 0.15) is 24.4 Å². The summed E-state index contributed by atoms with van der Waals surface area (Å²) < 4.78 is 5.34. The third kappa shape index (κ3) is 4.43. The topological polar surface area (TPSA) is 27.7 Å². The molecule has 1 aliphatic heterocycles. The summed E-state index contributed by atoms with van der Waals surface area (Å²) in [4.78, 5) is 4.93. The van der Waals surface area contributed by atoms with Gasteiger partial charge < -0.3 is 15.0 Å². The fourth-order valence-electron chi connectivity index (χ4n) is 3.10. The van der Waals surface area contributed by atoms with Crippen molar-refractivity contribution in [1.29, 1.82) is 0 Å². The summed E-state index contributed by atoms with van der Waals surface area (Å²) in [6, 6.07) is 9.41. The van der Waals surface area contributed by atoms with E-state index in [0.717, 1.165) is 18.8 Å². The molecule has 2 atom stereocenters. The first-order valence-corrected chi connectivity index (χ1v) is 7.84. The summed E-state index contributed by atoms with van der Waals surface area (Å²) in [5.41, 5.74) is 1.30. The van der Waals surface area contributed by atoms with E-state index >= 15 is 0 Å². The van der Waals surface area contributed by atoms with E-state index in [0.29, 0.717) is 12.1 Å².